The number of carboxylic acid groups (broad SMARTS) is 1. The number of nitrogens with zero attached hydrogens (tertiary/aromatic N) is 2. The van der Waals surface area contributed by atoms with Crippen molar-refractivity contribution in [3.63, 3.8) is 0 Å². The Balaban J connectivity index is 2.40. The summed E-state index contributed by atoms with van der Waals surface area (Å²) in [5, 5.41) is 12.3. The van der Waals surface area contributed by atoms with Crippen LogP contribution in [0.2, 0.25) is 0 Å². The standard InChI is InChI=1S/C15H13ClFN3O2/c1-3-11(16)10(9(2)17)8-19-12-4-5-13-18-6-7-20(13)14(12)15(21)22/h3-7,19H,1-2,8H2,(H,21,22)/b11-10+. The monoisotopic (exact) mass is 321 g/mol. The van der Waals surface area contributed by atoms with Crippen LogP contribution < -0.4 is 5.32 Å². The number of aromatic nitrogens is 2. The second-order valence-corrected chi connectivity index (χ2v) is 4.75. The predicted octanol–water partition coefficient (Wildman–Crippen LogP) is 3.61. The van der Waals surface area contributed by atoms with Crippen LogP contribution in [-0.4, -0.2) is 27.0 Å². The quantitative estimate of drug-likeness (QED) is 0.798. The van der Waals surface area contributed by atoms with Gasteiger partial charge in [0.25, 0.3) is 0 Å². The Morgan fingerprint density at radius 3 is 2.86 bits per heavy atom. The molecule has 0 aliphatic carbocycles. The molecule has 0 spiro atoms. The summed E-state index contributed by atoms with van der Waals surface area (Å²) in [4.78, 5) is 15.5. The van der Waals surface area contributed by atoms with Crippen LogP contribution in [0.5, 0.6) is 0 Å². The van der Waals surface area contributed by atoms with E-state index in [1.165, 1.54) is 22.9 Å². The minimum atomic E-state index is -1.13. The number of halogens is 2. The van der Waals surface area contributed by atoms with Crippen LogP contribution in [-0.2, 0) is 0 Å². The van der Waals surface area contributed by atoms with Crippen LogP contribution in [0, 0.1) is 0 Å². The van der Waals surface area contributed by atoms with Crippen molar-refractivity contribution in [1.29, 1.82) is 0 Å². The number of aromatic carboxylic acids is 1. The highest BCUT2D eigenvalue weighted by molar-refractivity contribution is 6.31. The van der Waals surface area contributed by atoms with E-state index in [9.17, 15) is 14.3 Å². The molecule has 0 aromatic carbocycles. The molecule has 0 aliphatic rings. The maximum Gasteiger partial charge on any atom is 0.355 e. The second kappa shape index (κ2) is 6.44. The topological polar surface area (TPSA) is 66.6 Å². The van der Waals surface area contributed by atoms with Crippen molar-refractivity contribution in [2.75, 3.05) is 11.9 Å². The molecule has 2 heterocycles. The lowest BCUT2D eigenvalue weighted by Crippen LogP contribution is -2.13. The zero-order valence-corrected chi connectivity index (χ0v) is 12.3. The summed E-state index contributed by atoms with van der Waals surface area (Å²) in [6.07, 6.45) is 4.32. The third-order valence-corrected chi connectivity index (χ3v) is 3.40. The number of anilines is 1. The summed E-state index contributed by atoms with van der Waals surface area (Å²) in [7, 11) is 0. The van der Waals surface area contributed by atoms with Crippen molar-refractivity contribution >= 4 is 28.9 Å². The van der Waals surface area contributed by atoms with Gasteiger partial charge in [-0.25, -0.2) is 14.2 Å². The van der Waals surface area contributed by atoms with E-state index in [1.807, 2.05) is 0 Å². The summed E-state index contributed by atoms with van der Waals surface area (Å²) in [5.41, 5.74) is 0.912. The van der Waals surface area contributed by atoms with Crippen LogP contribution >= 0.6 is 11.6 Å². The van der Waals surface area contributed by atoms with E-state index in [-0.39, 0.29) is 22.8 Å². The number of nitrogens with one attached hydrogen (secondary N) is 1. The molecule has 0 aliphatic heterocycles. The maximum atomic E-state index is 13.4. The van der Waals surface area contributed by atoms with Gasteiger partial charge in [0.2, 0.25) is 0 Å². The van der Waals surface area contributed by atoms with Gasteiger partial charge in [0.05, 0.1) is 5.69 Å². The van der Waals surface area contributed by atoms with E-state index in [0.29, 0.717) is 11.3 Å². The van der Waals surface area contributed by atoms with Crippen molar-refractivity contribution in [3.8, 4) is 0 Å². The first-order chi connectivity index (χ1) is 10.5. The molecule has 22 heavy (non-hydrogen) atoms. The SMILES string of the molecule is C=C/C(Cl)=C(/CNc1ccc2nccn2c1C(=O)O)C(=C)F. The highest BCUT2D eigenvalue weighted by atomic mass is 35.5. The number of rotatable bonds is 6. The van der Waals surface area contributed by atoms with E-state index in [1.54, 1.807) is 12.1 Å². The van der Waals surface area contributed by atoms with Crippen LogP contribution in [0.15, 0.2) is 60.2 Å². The average Bonchev–Trinajstić information content (AvgIpc) is 2.94. The Labute approximate surface area is 131 Å². The molecule has 7 heteroatoms. The molecule has 5 nitrogen and oxygen atoms in total. The van der Waals surface area contributed by atoms with Crippen molar-refractivity contribution in [1.82, 2.24) is 9.38 Å². The smallest absolute Gasteiger partial charge is 0.355 e. The first kappa shape index (κ1) is 15.8. The fraction of sp³-hybridized carbons (Fsp3) is 0.0667. The average molecular weight is 322 g/mol. The first-order valence-electron chi connectivity index (χ1n) is 6.24. The van der Waals surface area contributed by atoms with Gasteiger partial charge in [0.15, 0.2) is 5.69 Å². The molecule has 0 amide bonds. The van der Waals surface area contributed by atoms with Gasteiger partial charge in [-0.2, -0.15) is 0 Å². The Bertz CT molecular complexity index is 795. The molecular weight excluding hydrogens is 309 g/mol. The number of imidazole rings is 1. The molecule has 2 aromatic rings. The van der Waals surface area contributed by atoms with E-state index >= 15 is 0 Å². The number of fused-ring (bicyclic) bond motifs is 1. The van der Waals surface area contributed by atoms with Crippen molar-refractivity contribution < 1.29 is 14.3 Å². The largest absolute Gasteiger partial charge is 0.476 e. The molecule has 0 unspecified atom stereocenters. The molecule has 0 fully saturated rings. The highest BCUT2D eigenvalue weighted by Crippen LogP contribution is 2.22. The lowest BCUT2D eigenvalue weighted by atomic mass is 10.2. The molecule has 0 saturated heterocycles. The van der Waals surface area contributed by atoms with Crippen LogP contribution in [0.4, 0.5) is 10.1 Å². The third kappa shape index (κ3) is 3.01. The normalized spacial score (nSPS) is 11.9. The number of hydrogen-bond acceptors (Lipinski definition) is 3. The summed E-state index contributed by atoms with van der Waals surface area (Å²) < 4.78 is 14.8. The summed E-state index contributed by atoms with van der Waals surface area (Å²) >= 11 is 5.86. The first-order valence-corrected chi connectivity index (χ1v) is 6.62. The Morgan fingerprint density at radius 1 is 1.55 bits per heavy atom. The van der Waals surface area contributed by atoms with Crippen molar-refractivity contribution in [2.24, 2.45) is 0 Å². The minimum Gasteiger partial charge on any atom is -0.476 e. The van der Waals surface area contributed by atoms with E-state index in [2.05, 4.69) is 23.5 Å². The third-order valence-electron chi connectivity index (χ3n) is 3.02. The van der Waals surface area contributed by atoms with Gasteiger partial charge in [0.1, 0.15) is 11.5 Å². The van der Waals surface area contributed by atoms with Crippen LogP contribution in [0.1, 0.15) is 10.5 Å². The lowest BCUT2D eigenvalue weighted by Gasteiger charge is -2.13. The van der Waals surface area contributed by atoms with Gasteiger partial charge in [-0.05, 0) is 12.1 Å². The molecule has 0 saturated carbocycles. The van der Waals surface area contributed by atoms with Gasteiger partial charge in [-0.3, -0.25) is 4.40 Å². The number of carbonyl (C=O) groups is 1. The summed E-state index contributed by atoms with van der Waals surface area (Å²) in [6, 6.07) is 3.21. The van der Waals surface area contributed by atoms with Gasteiger partial charge in [0, 0.05) is 29.5 Å². The van der Waals surface area contributed by atoms with Gasteiger partial charge in [-0.15, -0.1) is 0 Å². The Kier molecular flexibility index (Phi) is 4.62. The highest BCUT2D eigenvalue weighted by Gasteiger charge is 2.16. The molecule has 2 aromatic heterocycles. The van der Waals surface area contributed by atoms with Crippen LogP contribution in [0.3, 0.4) is 0 Å². The number of pyridine rings is 1. The second-order valence-electron chi connectivity index (χ2n) is 4.35. The summed E-state index contributed by atoms with van der Waals surface area (Å²) in [6.45, 7) is 6.65. The van der Waals surface area contributed by atoms with Gasteiger partial charge in [-0.1, -0.05) is 30.8 Å². The van der Waals surface area contributed by atoms with E-state index in [0.717, 1.165) is 0 Å². The zero-order chi connectivity index (χ0) is 16.3. The number of allylic oxidation sites excluding steroid dienone is 2. The fourth-order valence-corrected chi connectivity index (χ4v) is 2.14. The Hall–Kier alpha value is -2.60. The molecule has 114 valence electrons. The molecule has 2 N–H and O–H groups in total. The molecule has 0 radical (unpaired) electrons. The van der Waals surface area contributed by atoms with Crippen molar-refractivity contribution in [3.05, 3.63) is 65.9 Å². The zero-order valence-electron chi connectivity index (χ0n) is 11.5. The molecule has 0 atom stereocenters. The lowest BCUT2D eigenvalue weighted by molar-refractivity contribution is 0.0690. The number of hydrogen-bond donors (Lipinski definition) is 2. The summed E-state index contributed by atoms with van der Waals surface area (Å²) in [5.74, 6) is -1.84. The van der Waals surface area contributed by atoms with Gasteiger partial charge < -0.3 is 10.4 Å². The van der Waals surface area contributed by atoms with E-state index < -0.39 is 11.8 Å². The molecule has 0 bridgehead atoms. The van der Waals surface area contributed by atoms with E-state index in [4.69, 9.17) is 11.6 Å². The molecular formula is C15H13ClFN3O2. The fourth-order valence-electron chi connectivity index (χ4n) is 1.97. The number of carboxylic acids is 1. The Morgan fingerprint density at radius 2 is 2.27 bits per heavy atom. The van der Waals surface area contributed by atoms with Crippen LogP contribution in [0.25, 0.3) is 5.65 Å². The predicted molar refractivity (Wildman–Crippen MR) is 84.0 cm³/mol. The van der Waals surface area contributed by atoms with Crippen molar-refractivity contribution in [2.45, 2.75) is 0 Å². The van der Waals surface area contributed by atoms with Gasteiger partial charge >= 0.3 is 5.97 Å². The molecule has 2 rings (SSSR count). The minimum absolute atomic E-state index is 0.00598. The maximum absolute atomic E-state index is 13.4.